The van der Waals surface area contributed by atoms with Gasteiger partial charge in [0, 0.05) is 12.1 Å². The zero-order valence-electron chi connectivity index (χ0n) is 17.8. The molecule has 5 rings (SSSR count). The normalized spacial score (nSPS) is 15.1. The quantitative estimate of drug-likeness (QED) is 0.433. The number of para-hydroxylation sites is 1. The van der Waals surface area contributed by atoms with Gasteiger partial charge in [0.25, 0.3) is 0 Å². The second-order valence-electron chi connectivity index (χ2n) is 8.57. The van der Waals surface area contributed by atoms with Crippen LogP contribution in [0.15, 0.2) is 48.5 Å². The number of carbonyl (C=O) groups excluding carboxylic acids is 1. The van der Waals surface area contributed by atoms with Gasteiger partial charge in [-0.15, -0.1) is 5.10 Å². The zero-order chi connectivity index (χ0) is 21.6. The van der Waals surface area contributed by atoms with Crippen molar-refractivity contribution in [2.75, 3.05) is 11.9 Å². The molecule has 0 saturated heterocycles. The van der Waals surface area contributed by atoms with E-state index in [2.05, 4.69) is 25.2 Å². The molecular formula is C24H24N4O2S. The third-order valence-corrected chi connectivity index (χ3v) is 6.45. The molecule has 2 aromatic heterocycles. The second-order valence-corrected chi connectivity index (χ2v) is 9.58. The summed E-state index contributed by atoms with van der Waals surface area (Å²) in [4.78, 5) is 17.9. The van der Waals surface area contributed by atoms with Crippen molar-refractivity contribution in [3.05, 3.63) is 59.8 Å². The van der Waals surface area contributed by atoms with Gasteiger partial charge < -0.3 is 10.1 Å². The highest BCUT2D eigenvalue weighted by Crippen LogP contribution is 2.40. The minimum Gasteiger partial charge on any atom is -0.494 e. The van der Waals surface area contributed by atoms with Crippen LogP contribution in [0.25, 0.3) is 15.3 Å². The minimum absolute atomic E-state index is 0.116. The molecule has 0 aliphatic heterocycles. The zero-order valence-corrected chi connectivity index (χ0v) is 18.6. The van der Waals surface area contributed by atoms with Crippen molar-refractivity contribution in [1.29, 1.82) is 0 Å². The number of aromatic nitrogens is 3. The number of rotatable bonds is 5. The van der Waals surface area contributed by atoms with E-state index in [9.17, 15) is 4.79 Å². The number of hydrogen-bond donors (Lipinski definition) is 1. The van der Waals surface area contributed by atoms with Crippen LogP contribution in [0.3, 0.4) is 0 Å². The third-order valence-electron chi connectivity index (χ3n) is 5.44. The van der Waals surface area contributed by atoms with E-state index < -0.39 is 0 Å². The number of Topliss-reactive ketones (excluding diaryl/α,β-unsaturated/α-hetero) is 1. The average Bonchev–Trinajstić information content (AvgIpc) is 3.30. The molecule has 7 heteroatoms. The summed E-state index contributed by atoms with van der Waals surface area (Å²) in [5.41, 5.74) is 3.28. The standard InChI is InChI=1S/C24H24N4O2S/c1-4-30-16-11-9-15(10-12-16)25-22-21-18(13-24(2,3)14-19(21)29)28(27-22)23-26-17-7-5-6-8-20(17)31-23/h5-12H,4,13-14H2,1-3H3,(H,25,27). The highest BCUT2D eigenvalue weighted by molar-refractivity contribution is 7.20. The van der Waals surface area contributed by atoms with Crippen LogP contribution in [0.2, 0.25) is 0 Å². The van der Waals surface area contributed by atoms with Crippen LogP contribution < -0.4 is 10.1 Å². The van der Waals surface area contributed by atoms with Gasteiger partial charge in [0.1, 0.15) is 5.75 Å². The highest BCUT2D eigenvalue weighted by atomic mass is 32.1. The van der Waals surface area contributed by atoms with Crippen LogP contribution >= 0.6 is 11.3 Å². The van der Waals surface area contributed by atoms with Gasteiger partial charge in [0.15, 0.2) is 11.6 Å². The first-order valence-electron chi connectivity index (χ1n) is 10.4. The average molecular weight is 433 g/mol. The van der Waals surface area contributed by atoms with E-state index in [-0.39, 0.29) is 11.2 Å². The van der Waals surface area contributed by atoms with Crippen LogP contribution in [0, 0.1) is 5.41 Å². The van der Waals surface area contributed by atoms with E-state index in [4.69, 9.17) is 14.8 Å². The molecule has 0 spiro atoms. The summed E-state index contributed by atoms with van der Waals surface area (Å²) in [7, 11) is 0. The molecule has 4 aromatic rings. The van der Waals surface area contributed by atoms with Crippen molar-refractivity contribution in [3.63, 3.8) is 0 Å². The molecule has 2 heterocycles. The predicted octanol–water partition coefficient (Wildman–Crippen LogP) is 5.78. The fourth-order valence-corrected chi connectivity index (χ4v) is 5.03. The molecule has 0 radical (unpaired) electrons. The summed E-state index contributed by atoms with van der Waals surface area (Å²) >= 11 is 1.59. The molecule has 31 heavy (non-hydrogen) atoms. The van der Waals surface area contributed by atoms with E-state index in [1.165, 1.54) is 0 Å². The van der Waals surface area contributed by atoms with Gasteiger partial charge in [-0.05, 0) is 55.2 Å². The second kappa shape index (κ2) is 7.50. The maximum absolute atomic E-state index is 13.1. The lowest BCUT2D eigenvalue weighted by atomic mass is 9.76. The largest absolute Gasteiger partial charge is 0.494 e. The fourth-order valence-electron chi connectivity index (χ4n) is 4.08. The number of fused-ring (bicyclic) bond motifs is 2. The van der Waals surface area contributed by atoms with Crippen LogP contribution in [0.4, 0.5) is 11.5 Å². The summed E-state index contributed by atoms with van der Waals surface area (Å²) in [6.45, 7) is 6.84. The van der Waals surface area contributed by atoms with E-state index in [0.29, 0.717) is 24.4 Å². The number of ketones is 1. The topological polar surface area (TPSA) is 69.0 Å². The van der Waals surface area contributed by atoms with Crippen molar-refractivity contribution >= 4 is 38.8 Å². The van der Waals surface area contributed by atoms with Gasteiger partial charge in [-0.1, -0.05) is 37.3 Å². The monoisotopic (exact) mass is 432 g/mol. The first kappa shape index (κ1) is 19.8. The first-order chi connectivity index (χ1) is 14.9. The summed E-state index contributed by atoms with van der Waals surface area (Å²) < 4.78 is 8.48. The van der Waals surface area contributed by atoms with Gasteiger partial charge in [-0.2, -0.15) is 0 Å². The lowest BCUT2D eigenvalue weighted by Crippen LogP contribution is -2.28. The number of thiazole rings is 1. The van der Waals surface area contributed by atoms with Gasteiger partial charge in [0.2, 0.25) is 5.13 Å². The van der Waals surface area contributed by atoms with Crippen LogP contribution in [0.5, 0.6) is 5.75 Å². The van der Waals surface area contributed by atoms with Gasteiger partial charge in [-0.3, -0.25) is 4.79 Å². The Labute approximate surface area is 184 Å². The molecule has 1 aliphatic carbocycles. The molecule has 158 valence electrons. The van der Waals surface area contributed by atoms with E-state index in [1.807, 2.05) is 54.1 Å². The first-order valence-corrected chi connectivity index (χ1v) is 11.3. The Balaban J connectivity index is 1.59. The molecular weight excluding hydrogens is 408 g/mol. The molecule has 2 aromatic carbocycles. The minimum atomic E-state index is -0.116. The lowest BCUT2D eigenvalue weighted by Gasteiger charge is -2.28. The number of carbonyl (C=O) groups is 1. The van der Waals surface area contributed by atoms with Crippen LogP contribution in [-0.4, -0.2) is 27.2 Å². The molecule has 0 saturated carbocycles. The molecule has 0 amide bonds. The summed E-state index contributed by atoms with van der Waals surface area (Å²) in [5, 5.41) is 8.96. The number of benzene rings is 2. The SMILES string of the molecule is CCOc1ccc(Nc2nn(-c3nc4ccccc4s3)c3c2C(=O)CC(C)(C)C3)cc1. The Bertz CT molecular complexity index is 1240. The smallest absolute Gasteiger partial charge is 0.211 e. The number of nitrogens with one attached hydrogen (secondary N) is 1. The maximum Gasteiger partial charge on any atom is 0.211 e. The summed E-state index contributed by atoms with van der Waals surface area (Å²) in [6.07, 6.45) is 1.27. The molecule has 1 aliphatic rings. The summed E-state index contributed by atoms with van der Waals surface area (Å²) in [5.74, 6) is 1.51. The Morgan fingerprint density at radius 2 is 1.90 bits per heavy atom. The molecule has 0 unspecified atom stereocenters. The van der Waals surface area contributed by atoms with Crippen molar-refractivity contribution in [1.82, 2.24) is 14.8 Å². The summed E-state index contributed by atoms with van der Waals surface area (Å²) in [6, 6.07) is 15.7. The molecule has 0 fully saturated rings. The van der Waals surface area contributed by atoms with Crippen LogP contribution in [-0.2, 0) is 6.42 Å². The number of ether oxygens (including phenoxy) is 1. The molecule has 6 nitrogen and oxygen atoms in total. The number of hydrogen-bond acceptors (Lipinski definition) is 6. The van der Waals surface area contributed by atoms with E-state index >= 15 is 0 Å². The van der Waals surface area contributed by atoms with E-state index in [1.54, 1.807) is 11.3 Å². The van der Waals surface area contributed by atoms with E-state index in [0.717, 1.165) is 38.9 Å². The predicted molar refractivity (Wildman–Crippen MR) is 124 cm³/mol. The third kappa shape index (κ3) is 3.70. The van der Waals surface area contributed by atoms with Gasteiger partial charge in [0.05, 0.1) is 28.1 Å². The Hall–Kier alpha value is -3.19. The fraction of sp³-hybridized carbons (Fsp3) is 0.292. The maximum atomic E-state index is 13.1. The van der Waals surface area contributed by atoms with Gasteiger partial charge in [-0.25, -0.2) is 9.67 Å². The molecule has 0 atom stereocenters. The number of anilines is 2. The van der Waals surface area contributed by atoms with Crippen molar-refractivity contribution in [2.45, 2.75) is 33.6 Å². The lowest BCUT2D eigenvalue weighted by molar-refractivity contribution is 0.0912. The molecule has 1 N–H and O–H groups in total. The van der Waals surface area contributed by atoms with Gasteiger partial charge >= 0.3 is 0 Å². The van der Waals surface area contributed by atoms with Crippen molar-refractivity contribution in [3.8, 4) is 10.9 Å². The van der Waals surface area contributed by atoms with Crippen molar-refractivity contribution in [2.24, 2.45) is 5.41 Å². The Morgan fingerprint density at radius 1 is 1.13 bits per heavy atom. The Morgan fingerprint density at radius 3 is 2.65 bits per heavy atom. The number of nitrogens with zero attached hydrogens (tertiary/aromatic N) is 3. The highest BCUT2D eigenvalue weighted by Gasteiger charge is 2.37. The Kier molecular flexibility index (Phi) is 4.78. The van der Waals surface area contributed by atoms with Crippen molar-refractivity contribution < 1.29 is 9.53 Å². The van der Waals surface area contributed by atoms with Crippen LogP contribution in [0.1, 0.15) is 43.2 Å². The molecule has 0 bridgehead atoms.